The predicted molar refractivity (Wildman–Crippen MR) is 79.5 cm³/mol. The minimum absolute atomic E-state index is 0.177. The van der Waals surface area contributed by atoms with E-state index in [0.29, 0.717) is 12.1 Å². The summed E-state index contributed by atoms with van der Waals surface area (Å²) in [5, 5.41) is 0. The number of rotatable bonds is 3. The summed E-state index contributed by atoms with van der Waals surface area (Å²) in [6.45, 7) is 0.613. The average Bonchev–Trinajstić information content (AvgIpc) is 2.74. The maximum Gasteiger partial charge on any atom is 0.264 e. The monoisotopic (exact) mass is 339 g/mol. The smallest absolute Gasteiger partial charge is 0.264 e. The fourth-order valence-corrected chi connectivity index (χ4v) is 3.40. The highest BCUT2D eigenvalue weighted by Crippen LogP contribution is 2.30. The van der Waals surface area contributed by atoms with Crippen molar-refractivity contribution in [1.29, 1.82) is 0 Å². The van der Waals surface area contributed by atoms with E-state index in [1.54, 1.807) is 0 Å². The number of nitrogens with zero attached hydrogens (tertiary/aromatic N) is 1. The first-order valence-corrected chi connectivity index (χ1v) is 8.77. The van der Waals surface area contributed by atoms with Gasteiger partial charge in [0, 0.05) is 29.3 Å². The molecule has 0 saturated heterocycles. The highest BCUT2D eigenvalue weighted by Gasteiger charge is 2.31. The van der Waals surface area contributed by atoms with E-state index >= 15 is 0 Å². The molecule has 1 aliphatic heterocycles. The molecule has 2 aromatic carbocycles. The molecule has 22 heavy (non-hydrogen) atoms. The zero-order chi connectivity index (χ0) is 15.9. The number of amides is 1. The molecular formula is C15H11ClFNO3S. The Labute approximate surface area is 131 Å². The van der Waals surface area contributed by atoms with Crippen molar-refractivity contribution in [2.24, 2.45) is 0 Å². The van der Waals surface area contributed by atoms with Gasteiger partial charge in [0.15, 0.2) is 0 Å². The lowest BCUT2D eigenvalue weighted by Gasteiger charge is -2.15. The molecule has 1 amide bonds. The minimum Gasteiger partial charge on any atom is -0.330 e. The summed E-state index contributed by atoms with van der Waals surface area (Å²) >= 11 is 0. The van der Waals surface area contributed by atoms with Crippen LogP contribution in [0.4, 0.5) is 4.39 Å². The molecule has 0 aliphatic carbocycles. The third kappa shape index (κ3) is 2.71. The first-order valence-electron chi connectivity index (χ1n) is 6.46. The van der Waals surface area contributed by atoms with Gasteiger partial charge < -0.3 is 4.90 Å². The van der Waals surface area contributed by atoms with Crippen LogP contribution >= 0.6 is 10.7 Å². The van der Waals surface area contributed by atoms with E-state index in [4.69, 9.17) is 10.7 Å². The summed E-state index contributed by atoms with van der Waals surface area (Å²) in [6, 6.07) is 11.4. The van der Waals surface area contributed by atoms with Crippen LogP contribution in [0.25, 0.3) is 0 Å². The topological polar surface area (TPSA) is 54.5 Å². The lowest BCUT2D eigenvalue weighted by molar-refractivity contribution is 0.0766. The maximum atomic E-state index is 13.8. The van der Waals surface area contributed by atoms with Gasteiger partial charge in [-0.2, -0.15) is 0 Å². The van der Waals surface area contributed by atoms with Crippen LogP contribution in [-0.4, -0.2) is 19.2 Å². The van der Waals surface area contributed by atoms with Gasteiger partial charge in [-0.3, -0.25) is 4.79 Å². The maximum absolute atomic E-state index is 13.8. The van der Waals surface area contributed by atoms with Crippen LogP contribution in [0, 0.1) is 5.82 Å². The van der Waals surface area contributed by atoms with Gasteiger partial charge >= 0.3 is 0 Å². The fourth-order valence-electron chi connectivity index (χ4n) is 2.49. The number of hydrogen-bond acceptors (Lipinski definition) is 3. The van der Waals surface area contributed by atoms with Crippen LogP contribution in [0.2, 0.25) is 0 Å². The summed E-state index contributed by atoms with van der Waals surface area (Å²) < 4.78 is 36.5. The Morgan fingerprint density at radius 2 is 1.86 bits per heavy atom. The number of carbonyl (C=O) groups excluding carboxylic acids is 1. The zero-order valence-electron chi connectivity index (χ0n) is 11.3. The third-order valence-corrected chi connectivity index (χ3v) is 4.85. The lowest BCUT2D eigenvalue weighted by Crippen LogP contribution is -2.23. The summed E-state index contributed by atoms with van der Waals surface area (Å²) in [4.78, 5) is 13.2. The van der Waals surface area contributed by atoms with Crippen LogP contribution in [0.1, 0.15) is 21.5 Å². The van der Waals surface area contributed by atoms with E-state index in [-0.39, 0.29) is 18.0 Å². The first-order chi connectivity index (χ1) is 10.4. The molecule has 0 radical (unpaired) electrons. The molecule has 114 valence electrons. The SMILES string of the molecule is O=C1c2cc(S(=O)(=O)Cl)c(F)cc2CN1Cc1ccccc1. The van der Waals surface area contributed by atoms with Gasteiger partial charge in [0.05, 0.1) is 0 Å². The highest BCUT2D eigenvalue weighted by atomic mass is 35.7. The number of benzene rings is 2. The molecule has 1 heterocycles. The molecule has 0 spiro atoms. The van der Waals surface area contributed by atoms with E-state index in [2.05, 4.69) is 0 Å². The van der Waals surface area contributed by atoms with Crippen molar-refractivity contribution < 1.29 is 17.6 Å². The minimum atomic E-state index is -4.23. The van der Waals surface area contributed by atoms with Gasteiger partial charge in [0.2, 0.25) is 0 Å². The first kappa shape index (κ1) is 15.0. The molecular weight excluding hydrogens is 329 g/mol. The Kier molecular flexibility index (Phi) is 3.66. The Bertz CT molecular complexity index is 853. The van der Waals surface area contributed by atoms with E-state index in [1.165, 1.54) is 4.90 Å². The summed E-state index contributed by atoms with van der Waals surface area (Å²) in [5.41, 5.74) is 1.58. The van der Waals surface area contributed by atoms with Crippen molar-refractivity contribution in [3.63, 3.8) is 0 Å². The summed E-state index contributed by atoms with van der Waals surface area (Å²) in [6.07, 6.45) is 0. The predicted octanol–water partition coefficient (Wildman–Crippen LogP) is 2.91. The molecule has 0 atom stereocenters. The number of fused-ring (bicyclic) bond motifs is 1. The van der Waals surface area contributed by atoms with Crippen molar-refractivity contribution in [2.45, 2.75) is 18.0 Å². The molecule has 0 N–H and O–H groups in total. The van der Waals surface area contributed by atoms with Gasteiger partial charge in [0.1, 0.15) is 10.7 Å². The van der Waals surface area contributed by atoms with Crippen LogP contribution in [0.3, 0.4) is 0 Å². The highest BCUT2D eigenvalue weighted by molar-refractivity contribution is 8.13. The van der Waals surface area contributed by atoms with E-state index in [9.17, 15) is 17.6 Å². The molecule has 4 nitrogen and oxygen atoms in total. The van der Waals surface area contributed by atoms with Crippen molar-refractivity contribution in [1.82, 2.24) is 4.90 Å². The van der Waals surface area contributed by atoms with Gasteiger partial charge in [-0.1, -0.05) is 30.3 Å². The Morgan fingerprint density at radius 3 is 2.50 bits per heavy atom. The molecule has 7 heteroatoms. The largest absolute Gasteiger partial charge is 0.330 e. The van der Waals surface area contributed by atoms with Gasteiger partial charge in [-0.15, -0.1) is 0 Å². The second kappa shape index (κ2) is 5.37. The Morgan fingerprint density at radius 1 is 1.18 bits per heavy atom. The molecule has 0 aromatic heterocycles. The van der Waals surface area contributed by atoms with E-state index < -0.39 is 19.8 Å². The molecule has 1 aliphatic rings. The van der Waals surface area contributed by atoms with Crippen molar-refractivity contribution in [3.8, 4) is 0 Å². The zero-order valence-corrected chi connectivity index (χ0v) is 12.9. The molecule has 0 bridgehead atoms. The van der Waals surface area contributed by atoms with E-state index in [1.807, 2.05) is 30.3 Å². The average molecular weight is 340 g/mol. The lowest BCUT2D eigenvalue weighted by atomic mass is 10.1. The number of carbonyl (C=O) groups is 1. The summed E-state index contributed by atoms with van der Waals surface area (Å²) in [7, 11) is 0.958. The number of halogens is 2. The standard InChI is InChI=1S/C15H11ClFNO3S/c16-22(20,21)14-7-12-11(6-13(14)17)9-18(15(12)19)8-10-4-2-1-3-5-10/h1-7H,8-9H2. The third-order valence-electron chi connectivity index (χ3n) is 3.52. The van der Waals surface area contributed by atoms with Crippen molar-refractivity contribution in [2.75, 3.05) is 0 Å². The quantitative estimate of drug-likeness (QED) is 0.808. The van der Waals surface area contributed by atoms with Crippen LogP contribution in [0.5, 0.6) is 0 Å². The Balaban J connectivity index is 1.94. The van der Waals surface area contributed by atoms with Gasteiger partial charge in [0.25, 0.3) is 15.0 Å². The molecule has 0 saturated carbocycles. The molecule has 2 aromatic rings. The second-order valence-electron chi connectivity index (χ2n) is 5.02. The van der Waals surface area contributed by atoms with Gasteiger partial charge in [-0.25, -0.2) is 12.8 Å². The molecule has 0 fully saturated rings. The number of hydrogen-bond donors (Lipinski definition) is 0. The van der Waals surface area contributed by atoms with Gasteiger partial charge in [-0.05, 0) is 23.3 Å². The summed E-state index contributed by atoms with van der Waals surface area (Å²) in [5.74, 6) is -1.27. The normalized spacial score (nSPS) is 14.3. The van der Waals surface area contributed by atoms with E-state index in [0.717, 1.165) is 17.7 Å². The Hall–Kier alpha value is -1.92. The molecule has 3 rings (SSSR count). The second-order valence-corrected chi connectivity index (χ2v) is 7.56. The van der Waals surface area contributed by atoms with Crippen molar-refractivity contribution >= 4 is 25.6 Å². The fraction of sp³-hybridized carbons (Fsp3) is 0.133. The van der Waals surface area contributed by atoms with Crippen LogP contribution in [-0.2, 0) is 22.1 Å². The van der Waals surface area contributed by atoms with Crippen LogP contribution < -0.4 is 0 Å². The van der Waals surface area contributed by atoms with Crippen molar-refractivity contribution in [3.05, 3.63) is 65.0 Å². The van der Waals surface area contributed by atoms with Crippen LogP contribution in [0.15, 0.2) is 47.4 Å². The molecule has 0 unspecified atom stereocenters.